The monoisotopic (exact) mass is 414 g/mol. The third-order valence-electron chi connectivity index (χ3n) is 4.05. The highest BCUT2D eigenvalue weighted by Gasteiger charge is 2.15. The van der Waals surface area contributed by atoms with Crippen LogP contribution in [0.25, 0.3) is 0 Å². The maximum absolute atomic E-state index is 12.2. The molecule has 0 spiro atoms. The number of ether oxygens (including phenoxy) is 2. The molecule has 2 rings (SSSR count). The number of carbonyl (C=O) groups excluding carboxylic acids is 3. The van der Waals surface area contributed by atoms with Gasteiger partial charge >= 0.3 is 5.97 Å². The van der Waals surface area contributed by atoms with Gasteiger partial charge in [0, 0.05) is 11.4 Å². The van der Waals surface area contributed by atoms with E-state index in [-0.39, 0.29) is 31.0 Å². The molecule has 0 heterocycles. The van der Waals surface area contributed by atoms with Gasteiger partial charge in [0.15, 0.2) is 13.1 Å². The van der Waals surface area contributed by atoms with Gasteiger partial charge in [-0.25, -0.2) is 4.79 Å². The zero-order valence-corrected chi connectivity index (χ0v) is 17.7. The van der Waals surface area contributed by atoms with E-state index in [1.165, 1.54) is 0 Å². The largest absolute Gasteiger partial charge is 0.497 e. The zero-order valence-electron chi connectivity index (χ0n) is 17.7. The molecule has 8 heteroatoms. The molecule has 1 atom stereocenters. The molecular formula is C22H28N3O5+. The maximum atomic E-state index is 12.2. The number of amides is 2. The van der Waals surface area contributed by atoms with E-state index in [1.807, 2.05) is 0 Å². The Hall–Kier alpha value is -3.39. The lowest BCUT2D eigenvalue weighted by molar-refractivity contribution is -0.862. The van der Waals surface area contributed by atoms with E-state index in [9.17, 15) is 14.4 Å². The van der Waals surface area contributed by atoms with Crippen LogP contribution in [0.2, 0.25) is 0 Å². The normalized spacial score (nSPS) is 11.5. The predicted molar refractivity (Wildman–Crippen MR) is 114 cm³/mol. The molecule has 0 aromatic heterocycles. The molecule has 0 aliphatic rings. The Labute approximate surface area is 176 Å². The first-order valence-electron chi connectivity index (χ1n) is 9.63. The van der Waals surface area contributed by atoms with Crippen molar-refractivity contribution < 1.29 is 28.8 Å². The molecule has 0 saturated carbocycles. The van der Waals surface area contributed by atoms with Gasteiger partial charge in [-0.3, -0.25) is 9.59 Å². The Morgan fingerprint density at radius 3 is 1.77 bits per heavy atom. The number of hydrogen-bond acceptors (Lipinski definition) is 5. The van der Waals surface area contributed by atoms with Crippen LogP contribution in [-0.4, -0.2) is 51.1 Å². The van der Waals surface area contributed by atoms with Crippen molar-refractivity contribution in [2.24, 2.45) is 0 Å². The lowest BCUT2D eigenvalue weighted by Gasteiger charge is -2.14. The van der Waals surface area contributed by atoms with E-state index >= 15 is 0 Å². The molecule has 8 nitrogen and oxygen atoms in total. The number of esters is 1. The van der Waals surface area contributed by atoms with Gasteiger partial charge in [0.25, 0.3) is 11.8 Å². The highest BCUT2D eigenvalue weighted by Crippen LogP contribution is 2.14. The Morgan fingerprint density at radius 2 is 1.33 bits per heavy atom. The maximum Gasteiger partial charge on any atom is 0.338 e. The first-order chi connectivity index (χ1) is 14.3. The quantitative estimate of drug-likeness (QED) is 0.538. The highest BCUT2D eigenvalue weighted by atomic mass is 16.5. The van der Waals surface area contributed by atoms with Crippen LogP contribution in [0.4, 0.5) is 11.4 Å². The van der Waals surface area contributed by atoms with Gasteiger partial charge in [-0.05, 0) is 62.4 Å². The molecule has 30 heavy (non-hydrogen) atoms. The predicted octanol–water partition coefficient (Wildman–Crippen LogP) is 1.35. The summed E-state index contributed by atoms with van der Waals surface area (Å²) < 4.78 is 10.2. The lowest BCUT2D eigenvalue weighted by Crippen LogP contribution is -3.11. The summed E-state index contributed by atoms with van der Waals surface area (Å²) in [6.45, 7) is 3.82. The minimum atomic E-state index is -0.407. The summed E-state index contributed by atoms with van der Waals surface area (Å²) in [5, 5.41) is 5.54. The highest BCUT2D eigenvalue weighted by molar-refractivity contribution is 5.94. The van der Waals surface area contributed by atoms with Crippen molar-refractivity contribution in [1.82, 2.24) is 0 Å². The van der Waals surface area contributed by atoms with Gasteiger partial charge in [-0.15, -0.1) is 0 Å². The van der Waals surface area contributed by atoms with Crippen molar-refractivity contribution in [2.75, 3.05) is 37.9 Å². The average Bonchev–Trinajstić information content (AvgIpc) is 2.68. The first kappa shape index (κ1) is 22.9. The summed E-state index contributed by atoms with van der Waals surface area (Å²) in [6.07, 6.45) is -0.197. The number of quaternary nitrogens is 1. The topological polar surface area (TPSA) is 98.2 Å². The smallest absolute Gasteiger partial charge is 0.338 e. The van der Waals surface area contributed by atoms with Gasteiger partial charge in [0.2, 0.25) is 0 Å². The van der Waals surface area contributed by atoms with Crippen molar-refractivity contribution in [1.29, 1.82) is 0 Å². The van der Waals surface area contributed by atoms with Crippen molar-refractivity contribution in [2.45, 2.75) is 20.0 Å². The van der Waals surface area contributed by atoms with Gasteiger partial charge in [-0.2, -0.15) is 0 Å². The number of likely N-dealkylation sites (N-methyl/N-ethyl adjacent to an activating group) is 1. The van der Waals surface area contributed by atoms with E-state index in [2.05, 4.69) is 10.6 Å². The third kappa shape index (κ3) is 7.56. The van der Waals surface area contributed by atoms with Crippen LogP contribution in [0.5, 0.6) is 5.75 Å². The van der Waals surface area contributed by atoms with Crippen molar-refractivity contribution in [3.63, 3.8) is 0 Å². The fraction of sp³-hybridized carbons (Fsp3) is 0.318. The van der Waals surface area contributed by atoms with Crippen LogP contribution in [0.15, 0.2) is 48.5 Å². The van der Waals surface area contributed by atoms with Crippen molar-refractivity contribution in [3.05, 3.63) is 54.1 Å². The molecule has 160 valence electrons. The zero-order chi connectivity index (χ0) is 22.1. The van der Waals surface area contributed by atoms with Crippen molar-refractivity contribution >= 4 is 29.2 Å². The first-order valence-corrected chi connectivity index (χ1v) is 9.63. The Bertz CT molecular complexity index is 863. The lowest BCUT2D eigenvalue weighted by atomic mass is 10.2. The summed E-state index contributed by atoms with van der Waals surface area (Å²) in [7, 11) is 3.34. The second-order valence-electron chi connectivity index (χ2n) is 7.17. The molecule has 2 amide bonds. The third-order valence-corrected chi connectivity index (χ3v) is 4.05. The summed E-state index contributed by atoms with van der Waals surface area (Å²) in [5.74, 6) is -0.132. The second-order valence-corrected chi connectivity index (χ2v) is 7.17. The summed E-state index contributed by atoms with van der Waals surface area (Å²) in [6, 6.07) is 13.5. The second kappa shape index (κ2) is 11.0. The minimum absolute atomic E-state index is 0.118. The van der Waals surface area contributed by atoms with Crippen LogP contribution in [0.1, 0.15) is 24.2 Å². The standard InChI is InChI=1S/C22H27N3O5/c1-15(2)30-22(28)16-5-7-17(8-6-16)23-20(26)13-25(3)14-21(27)24-18-9-11-19(29-4)12-10-18/h5-12,15H,13-14H2,1-4H3,(H,23,26)(H,24,27)/p+1. The summed E-state index contributed by atoms with van der Waals surface area (Å²) in [5.41, 5.74) is 1.64. The average molecular weight is 414 g/mol. The minimum Gasteiger partial charge on any atom is -0.497 e. The molecular weight excluding hydrogens is 386 g/mol. The number of carbonyl (C=O) groups is 3. The molecule has 0 aliphatic carbocycles. The van der Waals surface area contributed by atoms with Crippen LogP contribution in [0.3, 0.4) is 0 Å². The SMILES string of the molecule is COc1ccc(NC(=O)C[NH+](C)CC(=O)Nc2ccc(C(=O)OC(C)C)cc2)cc1. The molecule has 1 unspecified atom stereocenters. The molecule has 2 aromatic rings. The Balaban J connectivity index is 1.79. The fourth-order valence-electron chi connectivity index (χ4n) is 2.67. The van der Waals surface area contributed by atoms with E-state index < -0.39 is 5.97 Å². The van der Waals surface area contributed by atoms with Gasteiger partial charge in [0.05, 0.1) is 25.8 Å². The van der Waals surface area contributed by atoms with Gasteiger partial charge in [-0.1, -0.05) is 0 Å². The summed E-state index contributed by atoms with van der Waals surface area (Å²) >= 11 is 0. The van der Waals surface area contributed by atoms with Crippen LogP contribution < -0.4 is 20.3 Å². The molecule has 0 aliphatic heterocycles. The van der Waals surface area contributed by atoms with Gasteiger partial charge < -0.3 is 25.0 Å². The number of benzene rings is 2. The molecule has 0 radical (unpaired) electrons. The molecule has 0 fully saturated rings. The van der Waals surface area contributed by atoms with E-state index in [0.29, 0.717) is 22.7 Å². The van der Waals surface area contributed by atoms with E-state index in [0.717, 1.165) is 4.90 Å². The molecule has 0 bridgehead atoms. The molecule has 2 aromatic carbocycles. The van der Waals surface area contributed by atoms with Crippen molar-refractivity contribution in [3.8, 4) is 5.75 Å². The molecule has 0 saturated heterocycles. The van der Waals surface area contributed by atoms with E-state index in [4.69, 9.17) is 9.47 Å². The fourth-order valence-corrected chi connectivity index (χ4v) is 2.67. The Kier molecular flexibility index (Phi) is 8.37. The van der Waals surface area contributed by atoms with Crippen LogP contribution >= 0.6 is 0 Å². The number of anilines is 2. The number of hydrogen-bond donors (Lipinski definition) is 3. The molecule has 3 N–H and O–H groups in total. The number of nitrogens with one attached hydrogen (secondary N) is 3. The Morgan fingerprint density at radius 1 is 0.867 bits per heavy atom. The summed E-state index contributed by atoms with van der Waals surface area (Å²) in [4.78, 5) is 37.0. The number of methoxy groups -OCH3 is 1. The van der Waals surface area contributed by atoms with Crippen LogP contribution in [0, 0.1) is 0 Å². The van der Waals surface area contributed by atoms with Gasteiger partial charge in [0.1, 0.15) is 5.75 Å². The van der Waals surface area contributed by atoms with Crippen LogP contribution in [-0.2, 0) is 14.3 Å². The van der Waals surface area contributed by atoms with E-state index in [1.54, 1.807) is 76.5 Å². The number of rotatable bonds is 9.